The van der Waals surface area contributed by atoms with Gasteiger partial charge in [0.1, 0.15) is 5.75 Å². The second-order valence-corrected chi connectivity index (χ2v) is 8.65. The molecule has 6 nitrogen and oxygen atoms in total. The van der Waals surface area contributed by atoms with Crippen LogP contribution in [0.2, 0.25) is 0 Å². The Kier molecular flexibility index (Phi) is 5.26. The molecule has 0 saturated heterocycles. The largest absolute Gasteiger partial charge is 0.508 e. The van der Waals surface area contributed by atoms with Gasteiger partial charge < -0.3 is 14.5 Å². The average molecular weight is 356 g/mol. The lowest BCUT2D eigenvalue weighted by Gasteiger charge is -2.11. The third-order valence-electron chi connectivity index (χ3n) is 3.09. The Labute approximate surface area is 134 Å². The van der Waals surface area contributed by atoms with Crippen LogP contribution in [0.15, 0.2) is 58.3 Å². The van der Waals surface area contributed by atoms with E-state index in [-0.39, 0.29) is 28.3 Å². The lowest BCUT2D eigenvalue weighted by Crippen LogP contribution is -2.02. The van der Waals surface area contributed by atoms with Crippen molar-refractivity contribution >= 4 is 17.4 Å². The molecule has 0 amide bonds. The van der Waals surface area contributed by atoms with Gasteiger partial charge in [0.2, 0.25) is 9.84 Å². The molecule has 2 aromatic rings. The molecule has 2 N–H and O–H groups in total. The first kappa shape index (κ1) is 17.7. The summed E-state index contributed by atoms with van der Waals surface area (Å²) in [7, 11) is -7.41. The molecule has 0 bridgehead atoms. The minimum atomic E-state index is -3.71. The summed E-state index contributed by atoms with van der Waals surface area (Å²) in [4.78, 5) is 9.72. The van der Waals surface area contributed by atoms with E-state index in [0.717, 1.165) is 0 Å². The molecule has 1 atom stereocenters. The van der Waals surface area contributed by atoms with Crippen molar-refractivity contribution in [2.75, 3.05) is 6.61 Å². The summed E-state index contributed by atoms with van der Waals surface area (Å²) in [6, 6.07) is 10.9. The van der Waals surface area contributed by atoms with Gasteiger partial charge in [0.05, 0.1) is 22.6 Å². The van der Waals surface area contributed by atoms with Gasteiger partial charge in [-0.3, -0.25) is 4.57 Å². The second-order valence-electron chi connectivity index (χ2n) is 4.85. The molecule has 0 heterocycles. The van der Waals surface area contributed by atoms with Crippen LogP contribution in [-0.2, 0) is 25.1 Å². The van der Waals surface area contributed by atoms with E-state index in [1.165, 1.54) is 48.5 Å². The second kappa shape index (κ2) is 6.84. The van der Waals surface area contributed by atoms with Gasteiger partial charge in [0.25, 0.3) is 0 Å². The number of hydrogen-bond acceptors (Lipinski definition) is 5. The summed E-state index contributed by atoms with van der Waals surface area (Å²) in [5.74, 6) is -0.0195. The normalized spacial score (nSPS) is 14.3. The average Bonchev–Trinajstić information content (AvgIpc) is 2.47. The zero-order valence-corrected chi connectivity index (χ0v) is 14.1. The van der Waals surface area contributed by atoms with E-state index in [2.05, 4.69) is 0 Å². The van der Waals surface area contributed by atoms with E-state index in [0.29, 0.717) is 5.56 Å². The fourth-order valence-corrected chi connectivity index (χ4v) is 4.44. The van der Waals surface area contributed by atoms with Crippen LogP contribution in [0, 0.1) is 0 Å². The minimum absolute atomic E-state index is 0.0195. The fraction of sp³-hybridized carbons (Fsp3) is 0.200. The first-order valence-electron chi connectivity index (χ1n) is 6.84. The molecule has 2 aromatic carbocycles. The van der Waals surface area contributed by atoms with Crippen LogP contribution in [0.1, 0.15) is 12.5 Å². The summed E-state index contributed by atoms with van der Waals surface area (Å²) in [6.07, 6.45) is -0.180. The van der Waals surface area contributed by atoms with Crippen LogP contribution in [-0.4, -0.2) is 25.0 Å². The molecule has 0 aliphatic carbocycles. The summed E-state index contributed by atoms with van der Waals surface area (Å²) in [5.41, 5.74) is 0.508. The Balaban J connectivity index is 2.25. The molecule has 0 radical (unpaired) electrons. The quantitative estimate of drug-likeness (QED) is 0.772. The van der Waals surface area contributed by atoms with Crippen molar-refractivity contribution in [2.45, 2.75) is 22.9 Å². The zero-order chi connectivity index (χ0) is 17.1. The van der Waals surface area contributed by atoms with Crippen LogP contribution < -0.4 is 0 Å². The number of phenolic OH excluding ortho intramolecular Hbond substituents is 1. The molecule has 1 unspecified atom stereocenters. The summed E-state index contributed by atoms with van der Waals surface area (Å²) in [5, 5.41) is 9.22. The van der Waals surface area contributed by atoms with Crippen molar-refractivity contribution in [3.05, 3.63) is 54.1 Å². The molecule has 23 heavy (non-hydrogen) atoms. The standard InChI is InChI=1S/C15H17O6PS/c1-2-21-22(17,18)11-12-3-7-14(8-4-12)23(19,20)15-9-5-13(16)6-10-15/h3-10,16H,2,11H2,1H3,(H,17,18). The van der Waals surface area contributed by atoms with E-state index in [1.807, 2.05) is 0 Å². The number of phenols is 1. The molecule has 8 heteroatoms. The predicted molar refractivity (Wildman–Crippen MR) is 85.2 cm³/mol. The van der Waals surface area contributed by atoms with E-state index in [1.54, 1.807) is 6.92 Å². The van der Waals surface area contributed by atoms with Gasteiger partial charge in [0, 0.05) is 0 Å². The maximum Gasteiger partial charge on any atom is 0.332 e. The van der Waals surface area contributed by atoms with E-state index < -0.39 is 17.4 Å². The molecule has 0 aliphatic rings. The molecular formula is C15H17O6PS. The zero-order valence-electron chi connectivity index (χ0n) is 12.4. The third kappa shape index (κ3) is 4.42. The van der Waals surface area contributed by atoms with Gasteiger partial charge in [-0.25, -0.2) is 8.42 Å². The van der Waals surface area contributed by atoms with Crippen LogP contribution >= 0.6 is 7.60 Å². The van der Waals surface area contributed by atoms with Crippen LogP contribution in [0.5, 0.6) is 5.75 Å². The Hall–Kier alpha value is -1.66. The van der Waals surface area contributed by atoms with Crippen LogP contribution in [0.25, 0.3) is 0 Å². The molecule has 2 rings (SSSR count). The van der Waals surface area contributed by atoms with Gasteiger partial charge in [-0.15, -0.1) is 0 Å². The highest BCUT2D eigenvalue weighted by molar-refractivity contribution is 7.91. The topological polar surface area (TPSA) is 101 Å². The molecule has 0 fully saturated rings. The molecule has 0 aliphatic heterocycles. The number of rotatable bonds is 6. The molecular weight excluding hydrogens is 339 g/mol. The molecule has 124 valence electrons. The maximum absolute atomic E-state index is 12.4. The number of hydrogen-bond donors (Lipinski definition) is 2. The lowest BCUT2D eigenvalue weighted by molar-refractivity contribution is 0.272. The minimum Gasteiger partial charge on any atom is -0.508 e. The number of benzene rings is 2. The smallest absolute Gasteiger partial charge is 0.332 e. The van der Waals surface area contributed by atoms with E-state index >= 15 is 0 Å². The molecule has 0 saturated carbocycles. The van der Waals surface area contributed by atoms with E-state index in [4.69, 9.17) is 4.52 Å². The summed E-state index contributed by atoms with van der Waals surface area (Å²) >= 11 is 0. The van der Waals surface area contributed by atoms with Gasteiger partial charge >= 0.3 is 7.60 Å². The lowest BCUT2D eigenvalue weighted by atomic mass is 10.2. The fourth-order valence-electron chi connectivity index (χ4n) is 2.01. The Bertz CT molecular complexity index is 812. The third-order valence-corrected chi connectivity index (χ3v) is 6.31. The van der Waals surface area contributed by atoms with E-state index in [9.17, 15) is 23.0 Å². The maximum atomic E-state index is 12.4. The molecule has 0 spiro atoms. The van der Waals surface area contributed by atoms with Crippen LogP contribution in [0.4, 0.5) is 0 Å². The Morgan fingerprint density at radius 2 is 1.48 bits per heavy atom. The number of sulfone groups is 1. The highest BCUT2D eigenvalue weighted by atomic mass is 32.2. The van der Waals surface area contributed by atoms with Gasteiger partial charge in [0.15, 0.2) is 0 Å². The highest BCUT2D eigenvalue weighted by Crippen LogP contribution is 2.45. The van der Waals surface area contributed by atoms with Gasteiger partial charge in [-0.2, -0.15) is 0 Å². The first-order chi connectivity index (χ1) is 10.7. The van der Waals surface area contributed by atoms with Crippen molar-refractivity contribution in [3.63, 3.8) is 0 Å². The van der Waals surface area contributed by atoms with Crippen molar-refractivity contribution in [2.24, 2.45) is 0 Å². The monoisotopic (exact) mass is 356 g/mol. The summed E-state index contributed by atoms with van der Waals surface area (Å²) in [6.45, 7) is 1.75. The first-order valence-corrected chi connectivity index (χ1v) is 10.1. The van der Waals surface area contributed by atoms with Crippen molar-refractivity contribution in [1.29, 1.82) is 0 Å². The van der Waals surface area contributed by atoms with Crippen molar-refractivity contribution in [1.82, 2.24) is 0 Å². The Morgan fingerprint density at radius 3 is 1.96 bits per heavy atom. The Morgan fingerprint density at radius 1 is 1.00 bits per heavy atom. The van der Waals surface area contributed by atoms with Gasteiger partial charge in [-0.1, -0.05) is 12.1 Å². The highest BCUT2D eigenvalue weighted by Gasteiger charge is 2.21. The van der Waals surface area contributed by atoms with Gasteiger partial charge in [-0.05, 0) is 48.9 Å². The summed E-state index contributed by atoms with van der Waals surface area (Å²) < 4.78 is 41.4. The van der Waals surface area contributed by atoms with Crippen molar-refractivity contribution in [3.8, 4) is 5.75 Å². The molecule has 0 aromatic heterocycles. The van der Waals surface area contributed by atoms with Crippen LogP contribution in [0.3, 0.4) is 0 Å². The van der Waals surface area contributed by atoms with Crippen molar-refractivity contribution < 1.29 is 27.5 Å². The predicted octanol–water partition coefficient (Wildman–Crippen LogP) is 2.95. The SMILES string of the molecule is CCOP(=O)(O)Cc1ccc(S(=O)(=O)c2ccc(O)cc2)cc1. The number of aromatic hydroxyl groups is 1.